The lowest BCUT2D eigenvalue weighted by atomic mass is 9.78. The Bertz CT molecular complexity index is 1350. The Labute approximate surface area is 216 Å². The van der Waals surface area contributed by atoms with Gasteiger partial charge in [-0.1, -0.05) is 70.7 Å². The molecule has 5 heteroatoms. The third-order valence-corrected chi connectivity index (χ3v) is 7.87. The van der Waals surface area contributed by atoms with Crippen LogP contribution in [0.25, 0.3) is 0 Å². The van der Waals surface area contributed by atoms with Gasteiger partial charge in [0, 0.05) is 5.41 Å². The maximum atomic E-state index is 12.9. The van der Waals surface area contributed by atoms with Crippen molar-refractivity contribution in [3.63, 3.8) is 0 Å². The van der Waals surface area contributed by atoms with Crippen LogP contribution in [0.4, 0.5) is 0 Å². The van der Waals surface area contributed by atoms with Crippen molar-refractivity contribution in [1.29, 1.82) is 0 Å². The summed E-state index contributed by atoms with van der Waals surface area (Å²) in [5, 5.41) is 0. The smallest absolute Gasteiger partial charge is 0.206 e. The summed E-state index contributed by atoms with van der Waals surface area (Å²) in [6.07, 6.45) is 0. The van der Waals surface area contributed by atoms with Crippen molar-refractivity contribution in [2.75, 3.05) is 7.11 Å². The summed E-state index contributed by atoms with van der Waals surface area (Å²) in [6, 6.07) is 29.4. The molecule has 0 atom stereocenters. The quantitative estimate of drug-likeness (QED) is 0.254. The molecular weight excluding hydrogens is 468 g/mol. The number of benzene rings is 4. The average molecular weight is 505 g/mol. The van der Waals surface area contributed by atoms with Crippen LogP contribution >= 0.6 is 0 Å². The maximum Gasteiger partial charge on any atom is 0.206 e. The minimum absolute atomic E-state index is 0. The molecule has 4 aromatic carbocycles. The summed E-state index contributed by atoms with van der Waals surface area (Å²) >= 11 is 0. The topological polar surface area (TPSA) is 52.6 Å². The van der Waals surface area contributed by atoms with Gasteiger partial charge in [-0.15, -0.1) is 0 Å². The zero-order valence-electron chi connectivity index (χ0n) is 19.8. The van der Waals surface area contributed by atoms with Crippen molar-refractivity contribution in [3.8, 4) is 17.2 Å². The van der Waals surface area contributed by atoms with Gasteiger partial charge >= 0.3 is 0 Å². The fourth-order valence-electron chi connectivity index (χ4n) is 3.79. The number of rotatable bonds is 7. The Balaban J connectivity index is 0.00000228. The Morgan fingerprint density at radius 1 is 0.583 bits per heavy atom. The van der Waals surface area contributed by atoms with E-state index in [0.717, 1.165) is 16.9 Å². The summed E-state index contributed by atoms with van der Waals surface area (Å²) in [5.74, 6) is 2.09. The molecule has 0 aliphatic rings. The van der Waals surface area contributed by atoms with Crippen LogP contribution in [0.3, 0.4) is 0 Å². The van der Waals surface area contributed by atoms with E-state index < -0.39 is 9.84 Å². The highest BCUT2D eigenvalue weighted by Gasteiger charge is 2.23. The predicted molar refractivity (Wildman–Crippen MR) is 148 cm³/mol. The minimum Gasteiger partial charge on any atom is -0.497 e. The molecule has 0 radical (unpaired) electrons. The molecule has 4 nitrogen and oxygen atoms in total. The van der Waals surface area contributed by atoms with E-state index in [1.54, 1.807) is 55.6 Å². The van der Waals surface area contributed by atoms with E-state index in [1.165, 1.54) is 5.56 Å². The first kappa shape index (κ1) is 28.7. The van der Waals surface area contributed by atoms with E-state index in [0.29, 0.717) is 11.5 Å². The van der Waals surface area contributed by atoms with E-state index in [1.807, 2.05) is 31.2 Å². The predicted octanol–water partition coefficient (Wildman–Crippen LogP) is 8.23. The maximum absolute atomic E-state index is 12.9. The third-order valence-electron chi connectivity index (χ3n) is 6.09. The lowest BCUT2D eigenvalue weighted by molar-refractivity contribution is 0.414. The Morgan fingerprint density at radius 2 is 0.944 bits per heavy atom. The van der Waals surface area contributed by atoms with Crippen LogP contribution in [0.15, 0.2) is 107 Å². The molecule has 0 saturated carbocycles. The average Bonchev–Trinajstić information content (AvgIpc) is 2.85. The molecule has 4 rings (SSSR count). The van der Waals surface area contributed by atoms with Crippen molar-refractivity contribution in [3.05, 3.63) is 114 Å². The second kappa shape index (κ2) is 11.4. The molecule has 0 amide bonds. The molecule has 0 N–H and O–H groups in total. The summed E-state index contributed by atoms with van der Waals surface area (Å²) < 4.78 is 36.9. The lowest BCUT2D eigenvalue weighted by Crippen LogP contribution is -2.18. The molecule has 0 unspecified atom stereocenters. The van der Waals surface area contributed by atoms with Gasteiger partial charge in [-0.2, -0.15) is 0 Å². The Hall–Kier alpha value is -3.57. The van der Waals surface area contributed by atoms with Crippen LogP contribution in [-0.4, -0.2) is 15.5 Å². The van der Waals surface area contributed by atoms with Gasteiger partial charge in [0.1, 0.15) is 17.2 Å². The van der Waals surface area contributed by atoms with Crippen molar-refractivity contribution in [1.82, 2.24) is 0 Å². The first-order valence-electron chi connectivity index (χ1n) is 11.0. The van der Waals surface area contributed by atoms with Gasteiger partial charge in [-0.05, 0) is 78.7 Å². The first-order valence-corrected chi connectivity index (χ1v) is 12.5. The van der Waals surface area contributed by atoms with Gasteiger partial charge in [0.2, 0.25) is 9.84 Å². The molecule has 36 heavy (non-hydrogen) atoms. The van der Waals surface area contributed by atoms with Gasteiger partial charge in [0.25, 0.3) is 0 Å². The lowest BCUT2D eigenvalue weighted by Gasteiger charge is -2.26. The molecule has 0 aliphatic heterocycles. The van der Waals surface area contributed by atoms with Gasteiger partial charge in [0.15, 0.2) is 0 Å². The van der Waals surface area contributed by atoms with Crippen LogP contribution in [0.1, 0.15) is 45.4 Å². The number of sulfone groups is 1. The van der Waals surface area contributed by atoms with Crippen molar-refractivity contribution >= 4 is 9.84 Å². The van der Waals surface area contributed by atoms with Crippen LogP contribution in [-0.2, 0) is 15.3 Å². The molecule has 0 spiro atoms. The monoisotopic (exact) mass is 504 g/mol. The molecule has 0 aromatic heterocycles. The summed E-state index contributed by atoms with van der Waals surface area (Å²) in [7, 11) is -1.90. The van der Waals surface area contributed by atoms with E-state index in [2.05, 4.69) is 38.1 Å². The Morgan fingerprint density at radius 3 is 1.36 bits per heavy atom. The number of ether oxygens (including phenoxy) is 2. The molecule has 0 bridgehead atoms. The molecule has 0 aliphatic carbocycles. The Kier molecular flexibility index (Phi) is 9.11. The van der Waals surface area contributed by atoms with Crippen LogP contribution in [0.5, 0.6) is 17.2 Å². The largest absolute Gasteiger partial charge is 0.497 e. The van der Waals surface area contributed by atoms with Crippen LogP contribution in [0.2, 0.25) is 0 Å². The van der Waals surface area contributed by atoms with Crippen molar-refractivity contribution < 1.29 is 17.9 Å². The normalized spacial score (nSPS) is 11.1. The molecule has 0 heterocycles. The summed E-state index contributed by atoms with van der Waals surface area (Å²) in [6.45, 7) is 6.28. The highest BCUT2D eigenvalue weighted by atomic mass is 32.2. The molecular formula is C31H36O4S. The highest BCUT2D eigenvalue weighted by Crippen LogP contribution is 2.34. The van der Waals surface area contributed by atoms with Crippen molar-refractivity contribution in [2.24, 2.45) is 0 Å². The fourth-order valence-corrected chi connectivity index (χ4v) is 5.05. The standard InChI is InChI=1S/C29H28O4S.2CH4/c1-21-5-17-27(18-6-21)34(30,31)28-19-15-26(16-20-28)33-25-13-9-23(10-14-25)29(2,3)22-7-11-24(32-4)12-8-22;;/h5-20H,1-4H3;2*1H4. The molecule has 0 fully saturated rings. The second-order valence-electron chi connectivity index (χ2n) is 8.77. The van der Waals surface area contributed by atoms with Gasteiger partial charge in [0.05, 0.1) is 16.9 Å². The minimum atomic E-state index is -3.56. The van der Waals surface area contributed by atoms with E-state index >= 15 is 0 Å². The number of hydrogen-bond donors (Lipinski definition) is 0. The zero-order valence-corrected chi connectivity index (χ0v) is 20.6. The number of aryl methyl sites for hydroxylation is 1. The third kappa shape index (κ3) is 5.97. The van der Waals surface area contributed by atoms with E-state index in [4.69, 9.17) is 9.47 Å². The summed E-state index contributed by atoms with van der Waals surface area (Å²) in [5.41, 5.74) is 3.18. The molecule has 4 aromatic rings. The molecule has 190 valence electrons. The van der Waals surface area contributed by atoms with E-state index in [-0.39, 0.29) is 30.1 Å². The SMILES string of the molecule is C.C.COc1ccc(C(C)(C)c2ccc(Oc3ccc(S(=O)(=O)c4ccc(C)cc4)cc3)cc2)cc1. The summed E-state index contributed by atoms with van der Waals surface area (Å²) in [4.78, 5) is 0.516. The van der Waals surface area contributed by atoms with Crippen LogP contribution in [0, 0.1) is 6.92 Å². The van der Waals surface area contributed by atoms with Gasteiger partial charge in [-0.25, -0.2) is 8.42 Å². The van der Waals surface area contributed by atoms with E-state index in [9.17, 15) is 8.42 Å². The highest BCUT2D eigenvalue weighted by molar-refractivity contribution is 7.91. The van der Waals surface area contributed by atoms with Gasteiger partial charge in [-0.3, -0.25) is 0 Å². The second-order valence-corrected chi connectivity index (χ2v) is 10.7. The fraction of sp³-hybridized carbons (Fsp3) is 0.226. The van der Waals surface area contributed by atoms with Crippen LogP contribution < -0.4 is 9.47 Å². The van der Waals surface area contributed by atoms with Gasteiger partial charge < -0.3 is 9.47 Å². The molecule has 0 saturated heterocycles. The number of hydrogen-bond acceptors (Lipinski definition) is 4. The first-order chi connectivity index (χ1) is 16.2. The van der Waals surface area contributed by atoms with Crippen molar-refractivity contribution in [2.45, 2.75) is 50.8 Å². The number of methoxy groups -OCH3 is 1. The zero-order chi connectivity index (χ0) is 24.3.